The van der Waals surface area contributed by atoms with Crippen LogP contribution in [-0.2, 0) is 15.7 Å². The van der Waals surface area contributed by atoms with Crippen LogP contribution in [0.1, 0.15) is 37.7 Å². The Kier molecular flexibility index (Phi) is 5.93. The minimum Gasteiger partial charge on any atom is -0.481 e. The molecule has 2 aromatic heterocycles. The summed E-state index contributed by atoms with van der Waals surface area (Å²) in [5.41, 5.74) is 0.785. The maximum absolute atomic E-state index is 13.0. The molecule has 180 valence electrons. The highest BCUT2D eigenvalue weighted by atomic mass is 19.4. The van der Waals surface area contributed by atoms with E-state index in [1.165, 1.54) is 6.07 Å². The number of piperidine rings is 1. The largest absolute Gasteiger partial charge is 0.481 e. The fraction of sp³-hybridized carbons (Fsp3) is 0.458. The monoisotopic (exact) mass is 474 g/mol. The number of hydrogen-bond donors (Lipinski definition) is 2. The second kappa shape index (κ2) is 8.90. The summed E-state index contributed by atoms with van der Waals surface area (Å²) >= 11 is 0. The van der Waals surface area contributed by atoms with E-state index in [1.54, 1.807) is 6.20 Å². The number of aromatic nitrogens is 3. The first-order valence-electron chi connectivity index (χ1n) is 11.4. The lowest BCUT2D eigenvalue weighted by atomic mass is 9.80. The van der Waals surface area contributed by atoms with Gasteiger partial charge in [-0.1, -0.05) is 0 Å². The quantitative estimate of drug-likeness (QED) is 0.529. The first kappa shape index (κ1) is 22.6. The van der Waals surface area contributed by atoms with Gasteiger partial charge in [-0.3, -0.25) is 4.79 Å². The van der Waals surface area contributed by atoms with Crippen LogP contribution >= 0.6 is 0 Å². The number of fused-ring (bicyclic) bond motifs is 1. The molecule has 0 radical (unpaired) electrons. The highest BCUT2D eigenvalue weighted by Crippen LogP contribution is 2.35. The van der Waals surface area contributed by atoms with Crippen molar-refractivity contribution in [1.29, 1.82) is 0 Å². The lowest BCUT2D eigenvalue weighted by Crippen LogP contribution is -2.42. The third kappa shape index (κ3) is 4.86. The van der Waals surface area contributed by atoms with Crippen LogP contribution in [0.2, 0.25) is 0 Å². The van der Waals surface area contributed by atoms with Crippen LogP contribution in [0.15, 0.2) is 36.5 Å². The van der Waals surface area contributed by atoms with Crippen LogP contribution in [0, 0.1) is 5.92 Å². The van der Waals surface area contributed by atoms with Crippen molar-refractivity contribution in [2.75, 3.05) is 18.0 Å². The molecule has 10 heteroatoms. The molecule has 0 atom stereocenters. The molecule has 7 nitrogen and oxygen atoms in total. The van der Waals surface area contributed by atoms with Gasteiger partial charge in [0.05, 0.1) is 28.8 Å². The maximum Gasteiger partial charge on any atom is 0.416 e. The van der Waals surface area contributed by atoms with E-state index in [0.29, 0.717) is 22.4 Å². The van der Waals surface area contributed by atoms with Crippen molar-refractivity contribution in [2.45, 2.75) is 50.5 Å². The van der Waals surface area contributed by atoms with E-state index in [4.69, 9.17) is 9.84 Å². The highest BCUT2D eigenvalue weighted by Gasteiger charge is 2.34. The van der Waals surface area contributed by atoms with Gasteiger partial charge in [-0.2, -0.15) is 13.2 Å². The Morgan fingerprint density at radius 1 is 1.15 bits per heavy atom. The molecule has 0 spiro atoms. The van der Waals surface area contributed by atoms with Crippen LogP contribution in [0.25, 0.3) is 22.4 Å². The molecule has 0 bridgehead atoms. The Balaban J connectivity index is 1.16. The van der Waals surface area contributed by atoms with Gasteiger partial charge < -0.3 is 19.7 Å². The predicted molar refractivity (Wildman–Crippen MR) is 119 cm³/mol. The Labute approximate surface area is 194 Å². The number of halogens is 3. The number of aliphatic carboxylic acids is 1. The smallest absolute Gasteiger partial charge is 0.416 e. The highest BCUT2D eigenvalue weighted by molar-refractivity contribution is 5.80. The molecule has 2 fully saturated rings. The predicted octanol–water partition coefficient (Wildman–Crippen LogP) is 4.88. The van der Waals surface area contributed by atoms with Crippen molar-refractivity contribution >= 4 is 22.8 Å². The fourth-order valence-corrected chi connectivity index (χ4v) is 4.73. The molecular formula is C24H25F3N4O3. The number of H-pyrrole nitrogens is 1. The van der Waals surface area contributed by atoms with E-state index in [1.807, 2.05) is 12.1 Å². The van der Waals surface area contributed by atoms with Crippen molar-refractivity contribution < 1.29 is 27.8 Å². The number of ether oxygens (including phenoxy) is 1. The number of imidazole rings is 1. The van der Waals surface area contributed by atoms with Crippen LogP contribution in [-0.4, -0.2) is 51.3 Å². The van der Waals surface area contributed by atoms with Gasteiger partial charge >= 0.3 is 12.1 Å². The van der Waals surface area contributed by atoms with Gasteiger partial charge in [-0.15, -0.1) is 0 Å². The van der Waals surface area contributed by atoms with Crippen LogP contribution in [0.5, 0.6) is 0 Å². The standard InChI is InChI=1S/C24H25F3N4O3/c25-24(26,27)16-2-3-19-20(12-16)30-23(29-19)15-1-4-21(28-13-15)31-7-5-17(6-8-31)34-18-9-14(10-18)11-22(32)33/h1-4,12-14,17-18H,5-11H2,(H,29,30)(H,32,33). The second-order valence-corrected chi connectivity index (χ2v) is 9.10. The molecule has 1 saturated heterocycles. The Bertz CT molecular complexity index is 1160. The number of alkyl halides is 3. The van der Waals surface area contributed by atoms with Crippen molar-refractivity contribution in [3.05, 3.63) is 42.1 Å². The molecule has 1 saturated carbocycles. The van der Waals surface area contributed by atoms with Gasteiger partial charge in [0.2, 0.25) is 0 Å². The van der Waals surface area contributed by atoms with E-state index in [2.05, 4.69) is 19.9 Å². The minimum atomic E-state index is -4.40. The van der Waals surface area contributed by atoms with E-state index >= 15 is 0 Å². The van der Waals surface area contributed by atoms with Crippen LogP contribution in [0.3, 0.4) is 0 Å². The molecule has 2 N–H and O–H groups in total. The van der Waals surface area contributed by atoms with E-state index < -0.39 is 17.7 Å². The van der Waals surface area contributed by atoms with Gasteiger partial charge in [0.1, 0.15) is 11.6 Å². The summed E-state index contributed by atoms with van der Waals surface area (Å²) in [5, 5.41) is 8.85. The molecule has 1 aliphatic heterocycles. The number of hydrogen-bond acceptors (Lipinski definition) is 5. The number of carboxylic acids is 1. The molecule has 0 amide bonds. The van der Waals surface area contributed by atoms with Crippen molar-refractivity contribution in [3.8, 4) is 11.4 Å². The summed E-state index contributed by atoms with van der Waals surface area (Å²) in [6, 6.07) is 7.22. The lowest BCUT2D eigenvalue weighted by molar-refractivity contribution is -0.142. The fourth-order valence-electron chi connectivity index (χ4n) is 4.73. The molecular weight excluding hydrogens is 449 g/mol. The number of pyridine rings is 1. The average molecular weight is 474 g/mol. The van der Waals surface area contributed by atoms with E-state index in [-0.39, 0.29) is 24.5 Å². The number of anilines is 1. The topological polar surface area (TPSA) is 91.3 Å². The number of nitrogens with zero attached hydrogens (tertiary/aromatic N) is 3. The Morgan fingerprint density at radius 2 is 1.91 bits per heavy atom. The summed E-state index contributed by atoms with van der Waals surface area (Å²) in [6.45, 7) is 1.63. The maximum atomic E-state index is 13.0. The molecule has 0 unspecified atom stereocenters. The summed E-state index contributed by atoms with van der Waals surface area (Å²) < 4.78 is 45.0. The number of aromatic amines is 1. The lowest BCUT2D eigenvalue weighted by Gasteiger charge is -2.40. The van der Waals surface area contributed by atoms with E-state index in [0.717, 1.165) is 56.7 Å². The molecule has 2 aliphatic rings. The summed E-state index contributed by atoms with van der Waals surface area (Å²) in [4.78, 5) is 24.8. The molecule has 3 heterocycles. The molecule has 5 rings (SSSR count). The molecule has 34 heavy (non-hydrogen) atoms. The summed E-state index contributed by atoms with van der Waals surface area (Å²) in [5.74, 6) is 0.806. The van der Waals surface area contributed by atoms with Crippen LogP contribution < -0.4 is 4.90 Å². The third-order valence-electron chi connectivity index (χ3n) is 6.64. The zero-order chi connectivity index (χ0) is 23.9. The number of benzene rings is 1. The zero-order valence-electron chi connectivity index (χ0n) is 18.4. The van der Waals surface area contributed by atoms with E-state index in [9.17, 15) is 18.0 Å². The Hall–Kier alpha value is -3.14. The SMILES string of the molecule is O=C(O)CC1CC(OC2CCN(c3ccc(-c4nc5ccc(C(F)(F)F)cc5[nH]4)cn3)CC2)C1. The zero-order valence-corrected chi connectivity index (χ0v) is 18.4. The molecule has 1 aromatic carbocycles. The van der Waals surface area contributed by atoms with Gasteiger partial charge in [-0.05, 0) is 61.9 Å². The Morgan fingerprint density at radius 3 is 2.56 bits per heavy atom. The molecule has 3 aromatic rings. The number of nitrogens with one attached hydrogen (secondary N) is 1. The van der Waals surface area contributed by atoms with Crippen molar-refractivity contribution in [1.82, 2.24) is 15.0 Å². The average Bonchev–Trinajstić information content (AvgIpc) is 3.21. The normalized spacial score (nSPS) is 21.6. The minimum absolute atomic E-state index is 0.175. The summed E-state index contributed by atoms with van der Waals surface area (Å²) in [7, 11) is 0. The first-order chi connectivity index (χ1) is 16.2. The van der Waals surface area contributed by atoms with Crippen LogP contribution in [0.4, 0.5) is 19.0 Å². The van der Waals surface area contributed by atoms with Crippen molar-refractivity contribution in [3.63, 3.8) is 0 Å². The second-order valence-electron chi connectivity index (χ2n) is 9.10. The number of carboxylic acid groups (broad SMARTS) is 1. The van der Waals surface area contributed by atoms with Gasteiger partial charge in [0.25, 0.3) is 0 Å². The summed E-state index contributed by atoms with van der Waals surface area (Å²) in [6.07, 6.45) is 1.28. The number of carbonyl (C=O) groups is 1. The number of rotatable bonds is 6. The van der Waals surface area contributed by atoms with Gasteiger partial charge in [0, 0.05) is 31.3 Å². The van der Waals surface area contributed by atoms with Crippen molar-refractivity contribution in [2.24, 2.45) is 5.92 Å². The molecule has 1 aliphatic carbocycles. The van der Waals surface area contributed by atoms with Gasteiger partial charge in [0.15, 0.2) is 0 Å². The van der Waals surface area contributed by atoms with Gasteiger partial charge in [-0.25, -0.2) is 9.97 Å². The first-order valence-corrected chi connectivity index (χ1v) is 11.4. The third-order valence-corrected chi connectivity index (χ3v) is 6.64.